The summed E-state index contributed by atoms with van der Waals surface area (Å²) >= 11 is 0. The van der Waals surface area contributed by atoms with Gasteiger partial charge in [0.05, 0.1) is 5.69 Å². The Bertz CT molecular complexity index is 1840. The Hall–Kier alpha value is -4.37. The third-order valence-corrected chi connectivity index (χ3v) is 6.51. The number of para-hydroxylation sites is 2. The molecular formula is C30H19NO2. The molecule has 0 fully saturated rings. The monoisotopic (exact) mass is 425 g/mol. The molecule has 7 rings (SSSR count). The highest BCUT2D eigenvalue weighted by Gasteiger charge is 2.18. The van der Waals surface area contributed by atoms with Crippen molar-refractivity contribution in [2.45, 2.75) is 6.92 Å². The molecule has 33 heavy (non-hydrogen) atoms. The van der Waals surface area contributed by atoms with E-state index in [0.717, 1.165) is 61.1 Å². The molecule has 156 valence electrons. The second-order valence-electron chi connectivity index (χ2n) is 8.43. The lowest BCUT2D eigenvalue weighted by Crippen LogP contribution is -1.87. The van der Waals surface area contributed by atoms with Gasteiger partial charge in [-0.2, -0.15) is 0 Å². The van der Waals surface area contributed by atoms with E-state index in [-0.39, 0.29) is 0 Å². The molecule has 3 nitrogen and oxygen atoms in total. The zero-order chi connectivity index (χ0) is 21.9. The Labute approximate surface area is 189 Å². The standard InChI is InChI=1S/C30H19NO2/c1-18-21-9-4-6-12-26(21)32-29(18)20-14-15-31-25(17-20)24-16-19-8-2-3-10-22(19)28-23-11-5-7-13-27(23)33-30(24)28/h2-17H,1H3. The lowest BCUT2D eigenvalue weighted by Gasteiger charge is -2.08. The quantitative estimate of drug-likeness (QED) is 0.279. The summed E-state index contributed by atoms with van der Waals surface area (Å²) in [5.41, 5.74) is 6.63. The molecule has 0 atom stereocenters. The summed E-state index contributed by atoms with van der Waals surface area (Å²) in [6, 6.07) is 31.1. The molecule has 0 radical (unpaired) electrons. The summed E-state index contributed by atoms with van der Waals surface area (Å²) in [6.07, 6.45) is 1.85. The molecular weight excluding hydrogens is 406 g/mol. The van der Waals surface area contributed by atoms with Crippen LogP contribution in [0.4, 0.5) is 0 Å². The van der Waals surface area contributed by atoms with Crippen LogP contribution in [0.15, 0.2) is 106 Å². The Balaban J connectivity index is 1.52. The smallest absolute Gasteiger partial charge is 0.145 e. The summed E-state index contributed by atoms with van der Waals surface area (Å²) in [7, 11) is 0. The average Bonchev–Trinajstić information content (AvgIpc) is 3.42. The number of hydrogen-bond donors (Lipinski definition) is 0. The number of pyridine rings is 1. The molecule has 0 unspecified atom stereocenters. The van der Waals surface area contributed by atoms with Crippen LogP contribution < -0.4 is 0 Å². The number of fused-ring (bicyclic) bond motifs is 6. The summed E-state index contributed by atoms with van der Waals surface area (Å²) in [5.74, 6) is 0.876. The number of aryl methyl sites for hydroxylation is 1. The second kappa shape index (κ2) is 6.81. The van der Waals surface area contributed by atoms with Gasteiger partial charge in [-0.05, 0) is 48.0 Å². The third-order valence-electron chi connectivity index (χ3n) is 6.51. The van der Waals surface area contributed by atoms with Crippen molar-refractivity contribution in [3.05, 3.63) is 103 Å². The Morgan fingerprint density at radius 3 is 2.18 bits per heavy atom. The van der Waals surface area contributed by atoms with Gasteiger partial charge in [0.15, 0.2) is 0 Å². The number of rotatable bonds is 2. The van der Waals surface area contributed by atoms with Crippen LogP contribution in [0.3, 0.4) is 0 Å². The molecule has 0 spiro atoms. The minimum atomic E-state index is 0.862. The van der Waals surface area contributed by atoms with Gasteiger partial charge in [-0.25, -0.2) is 0 Å². The summed E-state index contributed by atoms with van der Waals surface area (Å²) < 4.78 is 12.6. The van der Waals surface area contributed by atoms with Crippen LogP contribution in [0.25, 0.3) is 66.3 Å². The zero-order valence-electron chi connectivity index (χ0n) is 18.0. The van der Waals surface area contributed by atoms with Crippen LogP contribution in [0, 0.1) is 6.92 Å². The van der Waals surface area contributed by atoms with Crippen molar-refractivity contribution >= 4 is 43.7 Å². The molecule has 0 saturated heterocycles. The Morgan fingerprint density at radius 2 is 1.36 bits per heavy atom. The van der Waals surface area contributed by atoms with Crippen molar-refractivity contribution in [3.8, 4) is 22.6 Å². The van der Waals surface area contributed by atoms with Crippen molar-refractivity contribution < 1.29 is 8.83 Å². The number of hydrogen-bond acceptors (Lipinski definition) is 3. The van der Waals surface area contributed by atoms with E-state index in [4.69, 9.17) is 13.8 Å². The molecule has 0 amide bonds. The highest BCUT2D eigenvalue weighted by Crippen LogP contribution is 2.41. The minimum absolute atomic E-state index is 0.862. The Morgan fingerprint density at radius 1 is 0.667 bits per heavy atom. The van der Waals surface area contributed by atoms with Crippen molar-refractivity contribution in [1.82, 2.24) is 4.98 Å². The van der Waals surface area contributed by atoms with Gasteiger partial charge in [-0.1, -0.05) is 60.7 Å². The molecule has 0 N–H and O–H groups in total. The van der Waals surface area contributed by atoms with E-state index in [0.29, 0.717) is 0 Å². The van der Waals surface area contributed by atoms with Crippen LogP contribution >= 0.6 is 0 Å². The molecule has 3 aromatic heterocycles. The Kier molecular flexibility index (Phi) is 3.76. The van der Waals surface area contributed by atoms with Gasteiger partial charge in [0.2, 0.25) is 0 Å². The highest BCUT2D eigenvalue weighted by molar-refractivity contribution is 6.22. The predicted octanol–water partition coefficient (Wildman–Crippen LogP) is 8.52. The third kappa shape index (κ3) is 2.66. The largest absolute Gasteiger partial charge is 0.456 e. The van der Waals surface area contributed by atoms with E-state index < -0.39 is 0 Å². The van der Waals surface area contributed by atoms with Crippen LogP contribution in [-0.4, -0.2) is 4.98 Å². The van der Waals surface area contributed by atoms with E-state index in [9.17, 15) is 0 Å². The van der Waals surface area contributed by atoms with Crippen LogP contribution in [0.2, 0.25) is 0 Å². The maximum atomic E-state index is 6.40. The fourth-order valence-corrected chi connectivity index (χ4v) is 4.93. The number of benzene rings is 4. The SMILES string of the molecule is Cc1c(-c2ccnc(-c3cc4ccccc4c4c3oc3ccccc34)c2)oc2ccccc12. The van der Waals surface area contributed by atoms with Gasteiger partial charge in [-0.15, -0.1) is 0 Å². The van der Waals surface area contributed by atoms with E-state index >= 15 is 0 Å². The van der Waals surface area contributed by atoms with Crippen molar-refractivity contribution in [3.63, 3.8) is 0 Å². The van der Waals surface area contributed by atoms with Crippen molar-refractivity contribution in [2.24, 2.45) is 0 Å². The molecule has 4 aromatic carbocycles. The molecule has 0 bridgehead atoms. The van der Waals surface area contributed by atoms with Crippen LogP contribution in [0.5, 0.6) is 0 Å². The molecule has 3 heterocycles. The fraction of sp³-hybridized carbons (Fsp3) is 0.0333. The normalized spacial score (nSPS) is 11.8. The first kappa shape index (κ1) is 18.2. The zero-order valence-corrected chi connectivity index (χ0v) is 18.0. The highest BCUT2D eigenvalue weighted by atomic mass is 16.3. The van der Waals surface area contributed by atoms with Gasteiger partial charge in [0, 0.05) is 39.0 Å². The topological polar surface area (TPSA) is 39.2 Å². The van der Waals surface area contributed by atoms with Crippen molar-refractivity contribution in [1.29, 1.82) is 0 Å². The second-order valence-corrected chi connectivity index (χ2v) is 8.43. The maximum Gasteiger partial charge on any atom is 0.145 e. The summed E-state index contributed by atoms with van der Waals surface area (Å²) in [6.45, 7) is 2.11. The van der Waals surface area contributed by atoms with Crippen molar-refractivity contribution in [2.75, 3.05) is 0 Å². The fourth-order valence-electron chi connectivity index (χ4n) is 4.93. The number of nitrogens with zero attached hydrogens (tertiary/aromatic N) is 1. The average molecular weight is 425 g/mol. The number of aromatic nitrogens is 1. The molecule has 0 aliphatic heterocycles. The lowest BCUT2D eigenvalue weighted by molar-refractivity contribution is 0.629. The van der Waals surface area contributed by atoms with Gasteiger partial charge in [0.25, 0.3) is 0 Å². The first-order valence-electron chi connectivity index (χ1n) is 11.1. The maximum absolute atomic E-state index is 6.40. The molecule has 0 aliphatic rings. The van der Waals surface area contributed by atoms with Crippen LogP contribution in [-0.2, 0) is 0 Å². The van der Waals surface area contributed by atoms with Gasteiger partial charge in [0.1, 0.15) is 22.5 Å². The summed E-state index contributed by atoms with van der Waals surface area (Å²) in [5, 5.41) is 5.74. The summed E-state index contributed by atoms with van der Waals surface area (Å²) in [4.78, 5) is 4.74. The van der Waals surface area contributed by atoms with Gasteiger partial charge < -0.3 is 8.83 Å². The number of furan rings is 2. The van der Waals surface area contributed by atoms with E-state index in [1.807, 2.05) is 42.6 Å². The molecule has 0 aliphatic carbocycles. The van der Waals surface area contributed by atoms with Gasteiger partial charge >= 0.3 is 0 Å². The minimum Gasteiger partial charge on any atom is -0.456 e. The van der Waals surface area contributed by atoms with Crippen LogP contribution in [0.1, 0.15) is 5.56 Å². The van der Waals surface area contributed by atoms with Gasteiger partial charge in [-0.3, -0.25) is 4.98 Å². The van der Waals surface area contributed by atoms with E-state index in [2.05, 4.69) is 61.5 Å². The predicted molar refractivity (Wildman–Crippen MR) is 134 cm³/mol. The first-order chi connectivity index (χ1) is 16.3. The van der Waals surface area contributed by atoms with E-state index in [1.165, 1.54) is 10.8 Å². The molecule has 0 saturated carbocycles. The molecule has 7 aromatic rings. The van der Waals surface area contributed by atoms with E-state index in [1.54, 1.807) is 0 Å². The first-order valence-corrected chi connectivity index (χ1v) is 11.1. The lowest BCUT2D eigenvalue weighted by atomic mass is 9.97. The molecule has 3 heteroatoms.